The van der Waals surface area contributed by atoms with Crippen LogP contribution in [0.5, 0.6) is 0 Å². The van der Waals surface area contributed by atoms with Gasteiger partial charge in [0.2, 0.25) is 5.91 Å². The minimum absolute atomic E-state index is 0.0234. The van der Waals surface area contributed by atoms with Gasteiger partial charge < -0.3 is 19.4 Å². The van der Waals surface area contributed by atoms with Gasteiger partial charge in [0.05, 0.1) is 17.3 Å². The van der Waals surface area contributed by atoms with Crippen LogP contribution in [0.3, 0.4) is 0 Å². The Morgan fingerprint density at radius 3 is 2.45 bits per heavy atom. The van der Waals surface area contributed by atoms with E-state index in [2.05, 4.69) is 29.6 Å². The molecule has 3 aliphatic rings. The molecule has 2 aromatic heterocycles. The van der Waals surface area contributed by atoms with Crippen molar-refractivity contribution < 1.29 is 14.3 Å². The number of aromatic nitrogens is 2. The summed E-state index contributed by atoms with van der Waals surface area (Å²) in [5, 5.41) is 3.39. The Labute approximate surface area is 183 Å². The van der Waals surface area contributed by atoms with E-state index in [4.69, 9.17) is 9.72 Å². The van der Waals surface area contributed by atoms with Crippen LogP contribution in [0.15, 0.2) is 24.5 Å². The summed E-state index contributed by atoms with van der Waals surface area (Å²) < 4.78 is 7.60. The fourth-order valence-electron chi connectivity index (χ4n) is 5.28. The third kappa shape index (κ3) is 3.48. The maximum absolute atomic E-state index is 13.3. The lowest BCUT2D eigenvalue weighted by Gasteiger charge is -2.31. The summed E-state index contributed by atoms with van der Waals surface area (Å²) in [5.74, 6) is 1.84. The predicted octanol–water partition coefficient (Wildman–Crippen LogP) is 3.50. The topological polar surface area (TPSA) is 75.9 Å². The lowest BCUT2D eigenvalue weighted by atomic mass is 9.93. The Bertz CT molecular complexity index is 1040. The third-order valence-corrected chi connectivity index (χ3v) is 7.17. The highest BCUT2D eigenvalue weighted by atomic mass is 16.6. The lowest BCUT2D eigenvalue weighted by Crippen LogP contribution is -2.48. The second-order valence-electron chi connectivity index (χ2n) is 10.7. The lowest BCUT2D eigenvalue weighted by molar-refractivity contribution is -0.125. The molecule has 1 saturated heterocycles. The largest absolute Gasteiger partial charge is 0.444 e. The molecule has 3 heterocycles. The number of carbonyl (C=O) groups is 2. The zero-order chi connectivity index (χ0) is 22.1. The number of carbonyl (C=O) groups excluding carboxylic acids is 2. The number of imidazole rings is 1. The number of likely N-dealkylation sites (tertiary alicyclic amines) is 1. The number of rotatable bonds is 4. The molecule has 7 nitrogen and oxygen atoms in total. The first kappa shape index (κ1) is 20.3. The van der Waals surface area contributed by atoms with Gasteiger partial charge in [0.15, 0.2) is 0 Å². The molecule has 1 N–H and O–H groups in total. The molecule has 1 aliphatic heterocycles. The second-order valence-corrected chi connectivity index (χ2v) is 10.7. The van der Waals surface area contributed by atoms with E-state index in [0.29, 0.717) is 19.0 Å². The molecule has 4 atom stereocenters. The molecule has 0 radical (unpaired) electrons. The summed E-state index contributed by atoms with van der Waals surface area (Å²) in [6.07, 6.45) is 5.85. The number of amides is 2. The van der Waals surface area contributed by atoms with Crippen molar-refractivity contribution in [2.75, 3.05) is 13.1 Å². The summed E-state index contributed by atoms with van der Waals surface area (Å²) >= 11 is 0. The summed E-state index contributed by atoms with van der Waals surface area (Å²) in [6, 6.07) is 4.11. The van der Waals surface area contributed by atoms with Gasteiger partial charge in [-0.15, -0.1) is 0 Å². The number of fused-ring (bicyclic) bond motifs is 2. The third-order valence-electron chi connectivity index (χ3n) is 7.17. The van der Waals surface area contributed by atoms with Crippen molar-refractivity contribution in [3.8, 4) is 0 Å². The van der Waals surface area contributed by atoms with Crippen molar-refractivity contribution in [3.05, 3.63) is 35.9 Å². The highest BCUT2D eigenvalue weighted by Crippen LogP contribution is 2.53. The molecule has 2 aliphatic carbocycles. The molecule has 3 fully saturated rings. The van der Waals surface area contributed by atoms with E-state index < -0.39 is 11.1 Å². The van der Waals surface area contributed by atoms with Crippen LogP contribution < -0.4 is 5.32 Å². The van der Waals surface area contributed by atoms with Crippen LogP contribution in [0, 0.1) is 30.6 Å². The van der Waals surface area contributed by atoms with Crippen LogP contribution in [-0.2, 0) is 15.1 Å². The van der Waals surface area contributed by atoms with E-state index in [9.17, 15) is 9.59 Å². The van der Waals surface area contributed by atoms with Crippen LogP contribution in [0.1, 0.15) is 51.9 Å². The first-order valence-corrected chi connectivity index (χ1v) is 11.3. The maximum Gasteiger partial charge on any atom is 0.410 e. The van der Waals surface area contributed by atoms with E-state index in [1.165, 1.54) is 5.56 Å². The van der Waals surface area contributed by atoms with Gasteiger partial charge in [0.1, 0.15) is 11.4 Å². The molecule has 2 saturated carbocycles. The van der Waals surface area contributed by atoms with E-state index >= 15 is 0 Å². The first-order valence-electron chi connectivity index (χ1n) is 11.3. The van der Waals surface area contributed by atoms with Gasteiger partial charge in [-0.05, 0) is 76.8 Å². The SMILES string of the molecule is Cc1cccn2c(C(C)(NC(=O)C3[C@H]4CN(C(=O)OC(C)(C)C)C[C@@H]34)C3CC3)ncc12. The van der Waals surface area contributed by atoms with Gasteiger partial charge in [0, 0.05) is 25.2 Å². The van der Waals surface area contributed by atoms with Gasteiger partial charge in [-0.2, -0.15) is 0 Å². The molecular weight excluding hydrogens is 392 g/mol. The normalized spacial score (nSPS) is 27.0. The number of pyridine rings is 1. The Balaban J connectivity index is 1.29. The average Bonchev–Trinajstić information content (AvgIpc) is 3.55. The van der Waals surface area contributed by atoms with Crippen LogP contribution in [0.25, 0.3) is 5.52 Å². The Morgan fingerprint density at radius 2 is 1.84 bits per heavy atom. The molecule has 0 bridgehead atoms. The fraction of sp³-hybridized carbons (Fsp3) is 0.625. The number of ether oxygens (including phenoxy) is 1. The molecule has 5 rings (SSSR count). The molecular formula is C24H32N4O3. The minimum atomic E-state index is -0.502. The smallest absolute Gasteiger partial charge is 0.410 e. The zero-order valence-corrected chi connectivity index (χ0v) is 19.0. The molecule has 0 spiro atoms. The molecule has 2 aromatic rings. The van der Waals surface area contributed by atoms with Crippen molar-refractivity contribution in [3.63, 3.8) is 0 Å². The zero-order valence-electron chi connectivity index (χ0n) is 19.0. The highest BCUT2D eigenvalue weighted by Gasteiger charge is 2.62. The molecule has 2 unspecified atom stereocenters. The molecule has 0 aromatic carbocycles. The molecule has 2 amide bonds. The van der Waals surface area contributed by atoms with Crippen molar-refractivity contribution >= 4 is 17.5 Å². The minimum Gasteiger partial charge on any atom is -0.444 e. The van der Waals surface area contributed by atoms with Gasteiger partial charge in [-0.25, -0.2) is 9.78 Å². The van der Waals surface area contributed by atoms with Crippen LogP contribution in [-0.4, -0.2) is 45.0 Å². The highest BCUT2D eigenvalue weighted by molar-refractivity contribution is 5.84. The van der Waals surface area contributed by atoms with Gasteiger partial charge in [-0.3, -0.25) is 4.79 Å². The van der Waals surface area contributed by atoms with Gasteiger partial charge in [-0.1, -0.05) is 6.07 Å². The van der Waals surface area contributed by atoms with Crippen LogP contribution in [0.4, 0.5) is 4.79 Å². The summed E-state index contributed by atoms with van der Waals surface area (Å²) in [5.41, 5.74) is 1.26. The number of aryl methyl sites for hydroxylation is 1. The Hall–Kier alpha value is -2.57. The standard InChI is InChI=1S/C24H32N4O3/c1-14-7-6-10-28-18(14)11-25-21(28)24(5,15-8-9-15)26-20(29)19-16-12-27(13-17(16)19)22(30)31-23(2,3)4/h6-7,10-11,15-17,19H,8-9,12-13H2,1-5H3,(H,26,29)/t16-,17+,19?,24?. The first-order chi connectivity index (χ1) is 14.6. The number of piperidine rings is 1. The number of nitrogens with one attached hydrogen (secondary N) is 1. The molecule has 166 valence electrons. The predicted molar refractivity (Wildman–Crippen MR) is 116 cm³/mol. The van der Waals surface area contributed by atoms with Crippen LogP contribution >= 0.6 is 0 Å². The number of nitrogens with zero attached hydrogens (tertiary/aromatic N) is 3. The van der Waals surface area contributed by atoms with Crippen LogP contribution in [0.2, 0.25) is 0 Å². The number of hydrogen-bond acceptors (Lipinski definition) is 4. The van der Waals surface area contributed by atoms with E-state index in [0.717, 1.165) is 24.2 Å². The van der Waals surface area contributed by atoms with Crippen molar-refractivity contribution in [2.45, 2.75) is 58.6 Å². The molecule has 7 heteroatoms. The molecule has 31 heavy (non-hydrogen) atoms. The Morgan fingerprint density at radius 1 is 1.16 bits per heavy atom. The van der Waals surface area contributed by atoms with E-state index in [1.807, 2.05) is 39.2 Å². The summed E-state index contributed by atoms with van der Waals surface area (Å²) in [6.45, 7) is 11.0. The summed E-state index contributed by atoms with van der Waals surface area (Å²) in [4.78, 5) is 32.1. The van der Waals surface area contributed by atoms with E-state index in [-0.39, 0.29) is 29.8 Å². The maximum atomic E-state index is 13.3. The summed E-state index contributed by atoms with van der Waals surface area (Å²) in [7, 11) is 0. The second kappa shape index (κ2) is 6.71. The fourth-order valence-corrected chi connectivity index (χ4v) is 5.28. The van der Waals surface area contributed by atoms with Crippen molar-refractivity contribution in [2.24, 2.45) is 23.7 Å². The monoisotopic (exact) mass is 424 g/mol. The van der Waals surface area contributed by atoms with E-state index in [1.54, 1.807) is 4.90 Å². The number of hydrogen-bond donors (Lipinski definition) is 1. The quantitative estimate of drug-likeness (QED) is 0.815. The van der Waals surface area contributed by atoms with Crippen molar-refractivity contribution in [1.29, 1.82) is 0 Å². The Kier molecular flexibility index (Phi) is 4.40. The van der Waals surface area contributed by atoms with Gasteiger partial charge >= 0.3 is 6.09 Å². The average molecular weight is 425 g/mol. The van der Waals surface area contributed by atoms with Crippen molar-refractivity contribution in [1.82, 2.24) is 19.6 Å². The van der Waals surface area contributed by atoms with Gasteiger partial charge in [0.25, 0.3) is 0 Å².